The molecule has 1 aromatic heterocycles. The molecule has 0 saturated carbocycles. The lowest BCUT2D eigenvalue weighted by molar-refractivity contribution is -0.169. The van der Waals surface area contributed by atoms with Crippen LogP contribution in [0.2, 0.25) is 0 Å². The molecule has 3 heterocycles. The average molecular weight is 381 g/mol. The van der Waals surface area contributed by atoms with Crippen molar-refractivity contribution in [3.8, 4) is 0 Å². The molecule has 2 aliphatic rings. The van der Waals surface area contributed by atoms with E-state index in [2.05, 4.69) is 9.88 Å². The maximum Gasteiger partial charge on any atom is 0.272 e. The smallest absolute Gasteiger partial charge is 0.272 e. The topological polar surface area (TPSA) is 54.9 Å². The van der Waals surface area contributed by atoms with Crippen molar-refractivity contribution >= 4 is 11.6 Å². The lowest BCUT2D eigenvalue weighted by Crippen LogP contribution is -2.45. The van der Waals surface area contributed by atoms with E-state index in [4.69, 9.17) is 9.47 Å². The largest absolute Gasteiger partial charge is 0.371 e. The van der Waals surface area contributed by atoms with E-state index >= 15 is 0 Å². The summed E-state index contributed by atoms with van der Waals surface area (Å²) in [5.74, 6) is -0.430. The van der Waals surface area contributed by atoms with Gasteiger partial charge in [0.25, 0.3) is 5.91 Å². The Bertz CT molecular complexity index is 796. The van der Waals surface area contributed by atoms with Crippen molar-refractivity contribution in [2.45, 2.75) is 32.1 Å². The summed E-state index contributed by atoms with van der Waals surface area (Å²) in [5.41, 5.74) is 2.64. The Morgan fingerprint density at radius 2 is 1.86 bits per heavy atom. The highest BCUT2D eigenvalue weighted by Crippen LogP contribution is 2.33. The second-order valence-electron chi connectivity index (χ2n) is 7.30. The Labute approximate surface area is 166 Å². The molecule has 0 bridgehead atoms. The van der Waals surface area contributed by atoms with Crippen molar-refractivity contribution in [2.75, 3.05) is 37.7 Å². The van der Waals surface area contributed by atoms with Crippen molar-refractivity contribution in [3.05, 3.63) is 59.9 Å². The molecule has 6 heteroatoms. The minimum absolute atomic E-state index is 0.0378. The van der Waals surface area contributed by atoms with Gasteiger partial charge in [-0.3, -0.25) is 9.78 Å². The van der Waals surface area contributed by atoms with Crippen LogP contribution >= 0.6 is 0 Å². The zero-order chi connectivity index (χ0) is 19.4. The maximum absolute atomic E-state index is 13.0. The van der Waals surface area contributed by atoms with Gasteiger partial charge < -0.3 is 19.3 Å². The van der Waals surface area contributed by atoms with Gasteiger partial charge in [-0.05, 0) is 24.6 Å². The lowest BCUT2D eigenvalue weighted by atomic mass is 10.0. The van der Waals surface area contributed by atoms with E-state index in [1.54, 1.807) is 6.20 Å². The number of amides is 1. The van der Waals surface area contributed by atoms with Gasteiger partial charge >= 0.3 is 0 Å². The minimum atomic E-state index is -0.392. The zero-order valence-corrected chi connectivity index (χ0v) is 16.3. The summed E-state index contributed by atoms with van der Waals surface area (Å²) in [6, 6.07) is 13.9. The maximum atomic E-state index is 13.0. The summed E-state index contributed by atoms with van der Waals surface area (Å²) in [6.45, 7) is 6.28. The summed E-state index contributed by atoms with van der Waals surface area (Å²) in [5, 5.41) is 0. The molecule has 4 rings (SSSR count). The van der Waals surface area contributed by atoms with E-state index in [0.29, 0.717) is 32.0 Å². The summed E-state index contributed by atoms with van der Waals surface area (Å²) in [6.07, 6.45) is 3.41. The third-order valence-electron chi connectivity index (χ3n) is 5.55. The average Bonchev–Trinajstić information content (AvgIpc) is 3.21. The Kier molecular flexibility index (Phi) is 5.59. The molecule has 0 radical (unpaired) electrons. The van der Waals surface area contributed by atoms with Crippen molar-refractivity contribution in [1.29, 1.82) is 0 Å². The molecule has 2 fully saturated rings. The van der Waals surface area contributed by atoms with Crippen LogP contribution in [-0.2, 0) is 16.0 Å². The quantitative estimate of drug-likeness (QED) is 0.797. The number of piperidine rings is 1. The predicted octanol–water partition coefficient (Wildman–Crippen LogP) is 3.09. The van der Waals surface area contributed by atoms with Crippen molar-refractivity contribution < 1.29 is 14.3 Å². The van der Waals surface area contributed by atoms with Crippen molar-refractivity contribution in [3.63, 3.8) is 0 Å². The molecule has 148 valence electrons. The van der Waals surface area contributed by atoms with E-state index in [-0.39, 0.29) is 5.91 Å². The van der Waals surface area contributed by atoms with Gasteiger partial charge in [0.1, 0.15) is 5.69 Å². The first kappa shape index (κ1) is 18.9. The molecule has 0 unspecified atom stereocenters. The van der Waals surface area contributed by atoms with Crippen LogP contribution in [0.3, 0.4) is 0 Å². The fourth-order valence-electron chi connectivity index (χ4n) is 3.92. The van der Waals surface area contributed by atoms with Crippen LogP contribution in [0.4, 0.5) is 5.69 Å². The van der Waals surface area contributed by atoms with E-state index < -0.39 is 5.79 Å². The summed E-state index contributed by atoms with van der Waals surface area (Å²) < 4.78 is 11.6. The molecule has 6 nitrogen and oxygen atoms in total. The number of carbonyl (C=O) groups is 1. The molecule has 0 N–H and O–H groups in total. The second kappa shape index (κ2) is 8.29. The Morgan fingerprint density at radius 3 is 2.54 bits per heavy atom. The first-order valence-electron chi connectivity index (χ1n) is 10.0. The molecule has 28 heavy (non-hydrogen) atoms. The first-order valence-corrected chi connectivity index (χ1v) is 10.0. The molecular formula is C22H27N3O3. The van der Waals surface area contributed by atoms with Gasteiger partial charge in [0.15, 0.2) is 5.79 Å². The van der Waals surface area contributed by atoms with Crippen molar-refractivity contribution in [1.82, 2.24) is 9.88 Å². The fraction of sp³-hybridized carbons (Fsp3) is 0.455. The van der Waals surface area contributed by atoms with Crippen LogP contribution in [0.15, 0.2) is 48.7 Å². The van der Waals surface area contributed by atoms with E-state index in [1.807, 2.05) is 54.3 Å². The predicted molar refractivity (Wildman–Crippen MR) is 107 cm³/mol. The number of rotatable bonds is 5. The van der Waals surface area contributed by atoms with E-state index in [1.165, 1.54) is 0 Å². The molecular weight excluding hydrogens is 354 g/mol. The SMILES string of the molecule is CCN(Cc1ccccc1)C(=O)c1cc(N2CCC3(CC2)OCCO3)ccn1. The molecule has 0 aliphatic carbocycles. The van der Waals surface area contributed by atoms with E-state index in [0.717, 1.165) is 37.2 Å². The van der Waals surface area contributed by atoms with Gasteiger partial charge in [-0.1, -0.05) is 30.3 Å². The van der Waals surface area contributed by atoms with Gasteiger partial charge in [0.05, 0.1) is 13.2 Å². The number of nitrogens with zero attached hydrogens (tertiary/aromatic N) is 3. The number of benzene rings is 1. The molecule has 2 saturated heterocycles. The third-order valence-corrected chi connectivity index (χ3v) is 5.55. The summed E-state index contributed by atoms with van der Waals surface area (Å²) in [4.78, 5) is 21.5. The van der Waals surface area contributed by atoms with Gasteiger partial charge in [0, 0.05) is 50.9 Å². The van der Waals surface area contributed by atoms with Crippen LogP contribution in [0.25, 0.3) is 0 Å². The molecule has 1 amide bonds. The number of pyridine rings is 1. The number of hydrogen-bond acceptors (Lipinski definition) is 5. The Balaban J connectivity index is 1.44. The zero-order valence-electron chi connectivity index (χ0n) is 16.3. The van der Waals surface area contributed by atoms with Crippen LogP contribution in [-0.4, -0.2) is 54.4 Å². The van der Waals surface area contributed by atoms with Gasteiger partial charge in [0.2, 0.25) is 0 Å². The van der Waals surface area contributed by atoms with Gasteiger partial charge in [-0.2, -0.15) is 0 Å². The molecule has 2 aromatic rings. The van der Waals surface area contributed by atoms with Crippen LogP contribution in [0, 0.1) is 0 Å². The fourth-order valence-corrected chi connectivity index (χ4v) is 3.92. The van der Waals surface area contributed by atoms with E-state index in [9.17, 15) is 4.79 Å². The number of anilines is 1. The molecule has 0 atom stereocenters. The highest BCUT2D eigenvalue weighted by molar-refractivity contribution is 5.93. The normalized spacial score (nSPS) is 18.4. The number of ether oxygens (including phenoxy) is 2. The van der Waals surface area contributed by atoms with Crippen LogP contribution in [0.1, 0.15) is 35.8 Å². The molecule has 1 aromatic carbocycles. The first-order chi connectivity index (χ1) is 13.7. The number of hydrogen-bond donors (Lipinski definition) is 0. The minimum Gasteiger partial charge on any atom is -0.371 e. The van der Waals surface area contributed by atoms with Crippen LogP contribution < -0.4 is 4.90 Å². The highest BCUT2D eigenvalue weighted by Gasteiger charge is 2.39. The highest BCUT2D eigenvalue weighted by atomic mass is 16.7. The second-order valence-corrected chi connectivity index (χ2v) is 7.30. The Hall–Kier alpha value is -2.44. The van der Waals surface area contributed by atoms with Crippen molar-refractivity contribution in [2.24, 2.45) is 0 Å². The van der Waals surface area contributed by atoms with Gasteiger partial charge in [-0.25, -0.2) is 0 Å². The van der Waals surface area contributed by atoms with Gasteiger partial charge in [-0.15, -0.1) is 0 Å². The summed E-state index contributed by atoms with van der Waals surface area (Å²) >= 11 is 0. The summed E-state index contributed by atoms with van der Waals surface area (Å²) in [7, 11) is 0. The molecule has 2 aliphatic heterocycles. The van der Waals surface area contributed by atoms with Crippen LogP contribution in [0.5, 0.6) is 0 Å². The Morgan fingerprint density at radius 1 is 1.14 bits per heavy atom. The third kappa shape index (κ3) is 4.03. The molecule has 1 spiro atoms. The lowest BCUT2D eigenvalue weighted by Gasteiger charge is -2.38. The number of aromatic nitrogens is 1. The monoisotopic (exact) mass is 381 g/mol. The standard InChI is InChI=1S/C22H27N3O3/c1-2-24(17-18-6-4-3-5-7-18)21(26)20-16-19(8-11-23-20)25-12-9-22(10-13-25)27-14-15-28-22/h3-8,11,16H,2,9-10,12-15,17H2,1H3. The number of carbonyl (C=O) groups excluding carboxylic acids is 1.